The first-order chi connectivity index (χ1) is 8.89. The maximum atomic E-state index is 12.2. The molecule has 2 heterocycles. The molecule has 0 fully saturated rings. The Morgan fingerprint density at radius 2 is 2.21 bits per heavy atom. The Balaban J connectivity index is 2.15. The van der Waals surface area contributed by atoms with Crippen LogP contribution < -0.4 is 0 Å². The van der Waals surface area contributed by atoms with E-state index >= 15 is 0 Å². The monoisotopic (exact) mass is 266 g/mol. The normalized spacial score (nSPS) is 19.8. The molecule has 1 aliphatic heterocycles. The molecular weight excluding hydrogens is 244 g/mol. The fraction of sp³-hybridized carbons (Fsp3) is 0.643. The molecule has 1 atom stereocenters. The van der Waals surface area contributed by atoms with Gasteiger partial charge >= 0.3 is 6.09 Å². The summed E-state index contributed by atoms with van der Waals surface area (Å²) in [5, 5.41) is 9.42. The third kappa shape index (κ3) is 3.50. The molecule has 0 saturated heterocycles. The number of aromatic nitrogens is 1. The van der Waals surface area contributed by atoms with Gasteiger partial charge in [-0.25, -0.2) is 4.79 Å². The van der Waals surface area contributed by atoms with Crippen molar-refractivity contribution >= 4 is 6.09 Å². The Hall–Kier alpha value is -1.49. The van der Waals surface area contributed by atoms with Gasteiger partial charge in [0.15, 0.2) is 0 Å². The lowest BCUT2D eigenvalue weighted by Crippen LogP contribution is -2.39. The molecule has 0 aliphatic carbocycles. The summed E-state index contributed by atoms with van der Waals surface area (Å²) in [5.74, 6) is 0.0427. The van der Waals surface area contributed by atoms with Crippen LogP contribution in [0.1, 0.15) is 26.5 Å². The Morgan fingerprint density at radius 3 is 2.84 bits per heavy atom. The molecule has 0 radical (unpaired) electrons. The largest absolute Gasteiger partial charge is 0.444 e. The van der Waals surface area contributed by atoms with Crippen LogP contribution in [-0.2, 0) is 17.8 Å². The van der Waals surface area contributed by atoms with Crippen molar-refractivity contribution in [1.29, 1.82) is 0 Å². The number of amides is 1. The predicted octanol–water partition coefficient (Wildman–Crippen LogP) is 1.85. The van der Waals surface area contributed by atoms with Crippen LogP contribution in [0.25, 0.3) is 0 Å². The minimum Gasteiger partial charge on any atom is -0.444 e. The maximum absolute atomic E-state index is 12.2. The molecule has 1 amide bonds. The summed E-state index contributed by atoms with van der Waals surface area (Å²) in [6.07, 6.45) is 1.66. The summed E-state index contributed by atoms with van der Waals surface area (Å²) >= 11 is 0. The van der Waals surface area contributed by atoms with E-state index in [1.807, 2.05) is 39.1 Å². The molecule has 1 aromatic rings. The van der Waals surface area contributed by atoms with Gasteiger partial charge in [0.2, 0.25) is 0 Å². The highest BCUT2D eigenvalue weighted by Gasteiger charge is 2.27. The van der Waals surface area contributed by atoms with E-state index in [2.05, 4.69) is 4.57 Å². The van der Waals surface area contributed by atoms with E-state index in [1.165, 1.54) is 0 Å². The number of hydrogen-bond donors (Lipinski definition) is 1. The molecule has 19 heavy (non-hydrogen) atoms. The number of aliphatic hydroxyl groups is 1. The van der Waals surface area contributed by atoms with Crippen molar-refractivity contribution in [2.24, 2.45) is 5.92 Å². The van der Waals surface area contributed by atoms with Gasteiger partial charge in [0.1, 0.15) is 5.60 Å². The zero-order valence-electron chi connectivity index (χ0n) is 11.8. The molecule has 5 heteroatoms. The fourth-order valence-corrected chi connectivity index (χ4v) is 2.26. The average Bonchev–Trinajstić information content (AvgIpc) is 2.64. The van der Waals surface area contributed by atoms with Crippen molar-refractivity contribution < 1.29 is 14.6 Å². The third-order valence-electron chi connectivity index (χ3n) is 3.12. The second-order valence-electron chi connectivity index (χ2n) is 6.06. The number of aliphatic hydroxyl groups excluding tert-OH is 1. The number of rotatable bonds is 1. The van der Waals surface area contributed by atoms with Gasteiger partial charge in [0.25, 0.3) is 0 Å². The van der Waals surface area contributed by atoms with E-state index in [0.717, 1.165) is 12.2 Å². The van der Waals surface area contributed by atoms with Crippen molar-refractivity contribution in [3.63, 3.8) is 0 Å². The van der Waals surface area contributed by atoms with Crippen LogP contribution in [-0.4, -0.2) is 39.4 Å². The van der Waals surface area contributed by atoms with Crippen LogP contribution in [0.15, 0.2) is 18.3 Å². The van der Waals surface area contributed by atoms with Crippen molar-refractivity contribution in [3.05, 3.63) is 24.0 Å². The van der Waals surface area contributed by atoms with Crippen LogP contribution in [0.5, 0.6) is 0 Å². The van der Waals surface area contributed by atoms with Crippen LogP contribution >= 0.6 is 0 Å². The van der Waals surface area contributed by atoms with Gasteiger partial charge in [-0.2, -0.15) is 0 Å². The molecule has 0 saturated carbocycles. The lowest BCUT2D eigenvalue weighted by Gasteiger charge is -2.27. The van der Waals surface area contributed by atoms with Crippen LogP contribution in [0.2, 0.25) is 0 Å². The molecule has 1 aliphatic rings. The average molecular weight is 266 g/mol. The van der Waals surface area contributed by atoms with Crippen molar-refractivity contribution in [2.45, 2.75) is 39.5 Å². The van der Waals surface area contributed by atoms with E-state index in [1.54, 1.807) is 4.90 Å². The molecule has 0 spiro atoms. The molecule has 0 aromatic carbocycles. The zero-order chi connectivity index (χ0) is 14.0. The SMILES string of the molecule is CC(C)(C)OC(=O)N1Cc2cccn2CC(CO)C1. The lowest BCUT2D eigenvalue weighted by atomic mass is 10.1. The van der Waals surface area contributed by atoms with E-state index in [-0.39, 0.29) is 18.6 Å². The minimum absolute atomic E-state index is 0.0427. The fourth-order valence-electron chi connectivity index (χ4n) is 2.26. The van der Waals surface area contributed by atoms with Gasteiger partial charge in [-0.05, 0) is 32.9 Å². The first-order valence-electron chi connectivity index (χ1n) is 6.62. The number of hydrogen-bond acceptors (Lipinski definition) is 3. The maximum Gasteiger partial charge on any atom is 0.410 e. The molecule has 2 rings (SSSR count). The number of fused-ring (bicyclic) bond motifs is 1. The van der Waals surface area contributed by atoms with E-state index in [0.29, 0.717) is 13.1 Å². The summed E-state index contributed by atoms with van der Waals surface area (Å²) in [4.78, 5) is 13.8. The Kier molecular flexibility index (Phi) is 3.85. The molecule has 1 aromatic heterocycles. The highest BCUT2D eigenvalue weighted by atomic mass is 16.6. The van der Waals surface area contributed by atoms with Crippen LogP contribution in [0.4, 0.5) is 4.79 Å². The second kappa shape index (κ2) is 5.25. The second-order valence-corrected chi connectivity index (χ2v) is 6.06. The van der Waals surface area contributed by atoms with E-state index < -0.39 is 5.60 Å². The van der Waals surface area contributed by atoms with Gasteiger partial charge in [-0.1, -0.05) is 0 Å². The predicted molar refractivity (Wildman–Crippen MR) is 71.7 cm³/mol. The number of ether oxygens (including phenoxy) is 1. The number of carbonyl (C=O) groups is 1. The third-order valence-corrected chi connectivity index (χ3v) is 3.12. The summed E-state index contributed by atoms with van der Waals surface area (Å²) in [6, 6.07) is 3.96. The summed E-state index contributed by atoms with van der Waals surface area (Å²) in [7, 11) is 0. The standard InChI is InChI=1S/C14H22N2O3/c1-14(2,3)19-13(18)16-8-11(10-17)7-15-6-4-5-12(15)9-16/h4-6,11,17H,7-10H2,1-3H3. The minimum atomic E-state index is -0.500. The number of carbonyl (C=O) groups excluding carboxylic acids is 1. The van der Waals surface area contributed by atoms with Crippen LogP contribution in [0, 0.1) is 5.92 Å². The first-order valence-corrected chi connectivity index (χ1v) is 6.62. The first kappa shape index (κ1) is 13.9. The Bertz CT molecular complexity index is 448. The van der Waals surface area contributed by atoms with Gasteiger partial charge < -0.3 is 19.3 Å². The molecule has 5 nitrogen and oxygen atoms in total. The Morgan fingerprint density at radius 1 is 1.47 bits per heavy atom. The smallest absolute Gasteiger partial charge is 0.410 e. The zero-order valence-corrected chi connectivity index (χ0v) is 11.8. The highest BCUT2D eigenvalue weighted by molar-refractivity contribution is 5.68. The van der Waals surface area contributed by atoms with E-state index in [9.17, 15) is 9.90 Å². The van der Waals surface area contributed by atoms with Crippen molar-refractivity contribution in [2.75, 3.05) is 13.2 Å². The highest BCUT2D eigenvalue weighted by Crippen LogP contribution is 2.19. The molecule has 0 bridgehead atoms. The van der Waals surface area contributed by atoms with Gasteiger partial charge in [0.05, 0.1) is 6.54 Å². The van der Waals surface area contributed by atoms with Crippen molar-refractivity contribution in [3.8, 4) is 0 Å². The van der Waals surface area contributed by atoms with Crippen LogP contribution in [0.3, 0.4) is 0 Å². The molecule has 1 N–H and O–H groups in total. The van der Waals surface area contributed by atoms with Gasteiger partial charge in [-0.3, -0.25) is 0 Å². The van der Waals surface area contributed by atoms with E-state index in [4.69, 9.17) is 4.74 Å². The number of nitrogens with zero attached hydrogens (tertiary/aromatic N) is 2. The lowest BCUT2D eigenvalue weighted by molar-refractivity contribution is 0.0192. The van der Waals surface area contributed by atoms with Gasteiger partial charge in [-0.15, -0.1) is 0 Å². The molecular formula is C14H22N2O3. The summed E-state index contributed by atoms with van der Waals surface area (Å²) in [6.45, 7) is 7.42. The molecule has 1 unspecified atom stereocenters. The summed E-state index contributed by atoms with van der Waals surface area (Å²) in [5.41, 5.74) is 0.571. The topological polar surface area (TPSA) is 54.7 Å². The summed E-state index contributed by atoms with van der Waals surface area (Å²) < 4.78 is 7.50. The Labute approximate surface area is 113 Å². The molecule has 106 valence electrons. The van der Waals surface area contributed by atoms with Gasteiger partial charge in [0, 0.05) is 37.5 Å². The quantitative estimate of drug-likeness (QED) is 0.844. The van der Waals surface area contributed by atoms with Crippen molar-refractivity contribution in [1.82, 2.24) is 9.47 Å².